The predicted octanol–water partition coefficient (Wildman–Crippen LogP) is 2.50. The molecule has 0 unspecified atom stereocenters. The van der Waals surface area contributed by atoms with E-state index in [1.54, 1.807) is 0 Å². The van der Waals surface area contributed by atoms with E-state index >= 15 is 0 Å². The summed E-state index contributed by atoms with van der Waals surface area (Å²) in [5.74, 6) is 1.66. The lowest BCUT2D eigenvalue weighted by molar-refractivity contribution is 0.337. The average molecular weight is 277 g/mol. The first-order chi connectivity index (χ1) is 9.78. The fourth-order valence-corrected chi connectivity index (χ4v) is 2.50. The maximum atomic E-state index is 4.49. The normalized spacial score (nSPS) is 15.5. The van der Waals surface area contributed by atoms with Crippen LogP contribution >= 0.6 is 0 Å². The molecule has 1 saturated heterocycles. The molecule has 1 fully saturated rings. The number of rotatable bonds is 8. The minimum atomic E-state index is 0.730. The quantitative estimate of drug-likeness (QED) is 0.715. The van der Waals surface area contributed by atoms with Crippen molar-refractivity contribution in [1.29, 1.82) is 0 Å². The molecule has 2 rings (SSSR count). The van der Waals surface area contributed by atoms with Crippen molar-refractivity contribution in [2.24, 2.45) is 0 Å². The highest BCUT2D eigenvalue weighted by molar-refractivity contribution is 5.42. The van der Waals surface area contributed by atoms with Crippen molar-refractivity contribution in [3.63, 3.8) is 0 Å². The Labute approximate surface area is 122 Å². The van der Waals surface area contributed by atoms with Gasteiger partial charge in [0.05, 0.1) is 0 Å². The third-order valence-electron chi connectivity index (χ3n) is 3.54. The van der Waals surface area contributed by atoms with Gasteiger partial charge in [0.2, 0.25) is 5.95 Å². The Hall–Kier alpha value is -1.36. The lowest BCUT2D eigenvalue weighted by Gasteiger charge is -2.14. The van der Waals surface area contributed by atoms with Gasteiger partial charge in [0.25, 0.3) is 0 Å². The number of likely N-dealkylation sites (tertiary alicyclic amines) is 1. The van der Waals surface area contributed by atoms with Crippen molar-refractivity contribution in [1.82, 2.24) is 14.9 Å². The maximum Gasteiger partial charge on any atom is 0.224 e. The Kier molecular flexibility index (Phi) is 6.05. The zero-order chi connectivity index (χ0) is 14.2. The molecule has 1 aromatic heterocycles. The van der Waals surface area contributed by atoms with Gasteiger partial charge in [-0.25, -0.2) is 4.98 Å². The van der Waals surface area contributed by atoms with E-state index in [1.165, 1.54) is 38.9 Å². The summed E-state index contributed by atoms with van der Waals surface area (Å²) in [5.41, 5.74) is 1.00. The predicted molar refractivity (Wildman–Crippen MR) is 84.3 cm³/mol. The standard InChI is InChI=1S/C15H27N5/c1-3-7-17-15-18-13(2)12-14(19-15)16-8-6-11-20-9-4-5-10-20/h12H,3-11H2,1-2H3,(H2,16,17,18,19). The second-order valence-electron chi connectivity index (χ2n) is 5.47. The van der Waals surface area contributed by atoms with E-state index in [0.29, 0.717) is 0 Å². The number of hydrogen-bond donors (Lipinski definition) is 2. The molecule has 0 aromatic carbocycles. The Morgan fingerprint density at radius 3 is 2.70 bits per heavy atom. The summed E-state index contributed by atoms with van der Waals surface area (Å²) >= 11 is 0. The third kappa shape index (κ3) is 4.96. The number of nitrogens with one attached hydrogen (secondary N) is 2. The Morgan fingerprint density at radius 2 is 1.95 bits per heavy atom. The molecule has 0 aliphatic carbocycles. The summed E-state index contributed by atoms with van der Waals surface area (Å²) in [4.78, 5) is 11.4. The molecule has 1 aromatic rings. The van der Waals surface area contributed by atoms with Crippen LogP contribution in [0.5, 0.6) is 0 Å². The van der Waals surface area contributed by atoms with Gasteiger partial charge in [-0.2, -0.15) is 4.98 Å². The lowest BCUT2D eigenvalue weighted by atomic mass is 10.3. The van der Waals surface area contributed by atoms with E-state index in [1.807, 2.05) is 13.0 Å². The van der Waals surface area contributed by atoms with Gasteiger partial charge in [-0.05, 0) is 52.2 Å². The van der Waals surface area contributed by atoms with Crippen molar-refractivity contribution >= 4 is 11.8 Å². The number of hydrogen-bond acceptors (Lipinski definition) is 5. The van der Waals surface area contributed by atoms with Crippen LogP contribution in [0.25, 0.3) is 0 Å². The Bertz CT molecular complexity index is 401. The van der Waals surface area contributed by atoms with Gasteiger partial charge >= 0.3 is 0 Å². The largest absolute Gasteiger partial charge is 0.370 e. The van der Waals surface area contributed by atoms with Crippen LogP contribution in [0, 0.1) is 6.92 Å². The third-order valence-corrected chi connectivity index (χ3v) is 3.54. The molecule has 0 bridgehead atoms. The summed E-state index contributed by atoms with van der Waals surface area (Å²) in [7, 11) is 0. The van der Waals surface area contributed by atoms with Gasteiger partial charge in [0.1, 0.15) is 5.82 Å². The van der Waals surface area contributed by atoms with E-state index in [-0.39, 0.29) is 0 Å². The van der Waals surface area contributed by atoms with Crippen LogP contribution in [0.4, 0.5) is 11.8 Å². The molecular formula is C15H27N5. The van der Waals surface area contributed by atoms with Gasteiger partial charge in [-0.15, -0.1) is 0 Å². The molecule has 0 saturated carbocycles. The second-order valence-corrected chi connectivity index (χ2v) is 5.47. The SMILES string of the molecule is CCCNc1nc(C)cc(NCCCN2CCCC2)n1. The fraction of sp³-hybridized carbons (Fsp3) is 0.733. The minimum Gasteiger partial charge on any atom is -0.370 e. The Balaban J connectivity index is 1.74. The summed E-state index contributed by atoms with van der Waals surface area (Å²) in [6.45, 7) is 9.78. The molecule has 2 N–H and O–H groups in total. The van der Waals surface area contributed by atoms with Crippen LogP contribution in [0.3, 0.4) is 0 Å². The van der Waals surface area contributed by atoms with Crippen LogP contribution in [-0.4, -0.2) is 47.6 Å². The summed E-state index contributed by atoms with van der Waals surface area (Å²) in [6.07, 6.45) is 4.98. The molecule has 5 heteroatoms. The van der Waals surface area contributed by atoms with E-state index in [4.69, 9.17) is 0 Å². The van der Waals surface area contributed by atoms with Gasteiger partial charge < -0.3 is 15.5 Å². The lowest BCUT2D eigenvalue weighted by Crippen LogP contribution is -2.22. The molecule has 1 aliphatic rings. The summed E-state index contributed by atoms with van der Waals surface area (Å²) in [6, 6.07) is 2.01. The molecule has 0 amide bonds. The average Bonchev–Trinajstić information content (AvgIpc) is 2.94. The number of nitrogens with zero attached hydrogens (tertiary/aromatic N) is 3. The van der Waals surface area contributed by atoms with Gasteiger partial charge in [0.15, 0.2) is 0 Å². The van der Waals surface area contributed by atoms with Crippen LogP contribution in [0.2, 0.25) is 0 Å². The summed E-state index contributed by atoms with van der Waals surface area (Å²) in [5, 5.41) is 6.65. The zero-order valence-corrected chi connectivity index (χ0v) is 12.8. The molecule has 0 radical (unpaired) electrons. The monoisotopic (exact) mass is 277 g/mol. The minimum absolute atomic E-state index is 0.730. The first-order valence-corrected chi connectivity index (χ1v) is 7.83. The maximum absolute atomic E-state index is 4.49. The van der Waals surface area contributed by atoms with E-state index < -0.39 is 0 Å². The zero-order valence-electron chi connectivity index (χ0n) is 12.8. The highest BCUT2D eigenvalue weighted by Crippen LogP contribution is 2.10. The van der Waals surface area contributed by atoms with Crippen LogP contribution < -0.4 is 10.6 Å². The second kappa shape index (κ2) is 8.04. The fourth-order valence-electron chi connectivity index (χ4n) is 2.50. The van der Waals surface area contributed by atoms with E-state index in [0.717, 1.165) is 37.0 Å². The summed E-state index contributed by atoms with van der Waals surface area (Å²) < 4.78 is 0. The van der Waals surface area contributed by atoms with Crippen molar-refractivity contribution in [2.45, 2.75) is 39.5 Å². The van der Waals surface area contributed by atoms with Crippen LogP contribution in [-0.2, 0) is 0 Å². The van der Waals surface area contributed by atoms with Gasteiger partial charge in [0, 0.05) is 24.8 Å². The van der Waals surface area contributed by atoms with Gasteiger partial charge in [-0.3, -0.25) is 0 Å². The van der Waals surface area contributed by atoms with Crippen LogP contribution in [0.15, 0.2) is 6.07 Å². The molecule has 20 heavy (non-hydrogen) atoms. The highest BCUT2D eigenvalue weighted by atomic mass is 15.2. The smallest absolute Gasteiger partial charge is 0.224 e. The number of anilines is 2. The van der Waals surface area contributed by atoms with Gasteiger partial charge in [-0.1, -0.05) is 6.92 Å². The van der Waals surface area contributed by atoms with Crippen LogP contribution in [0.1, 0.15) is 38.3 Å². The molecule has 2 heterocycles. The molecule has 0 spiro atoms. The molecule has 112 valence electrons. The number of aryl methyl sites for hydroxylation is 1. The topological polar surface area (TPSA) is 53.1 Å². The molecule has 5 nitrogen and oxygen atoms in total. The molecule has 1 aliphatic heterocycles. The van der Waals surface area contributed by atoms with Crippen molar-refractivity contribution in [3.8, 4) is 0 Å². The molecule has 0 atom stereocenters. The number of aromatic nitrogens is 2. The van der Waals surface area contributed by atoms with Crippen molar-refractivity contribution < 1.29 is 0 Å². The van der Waals surface area contributed by atoms with Crippen molar-refractivity contribution in [2.75, 3.05) is 43.4 Å². The first-order valence-electron chi connectivity index (χ1n) is 7.83. The van der Waals surface area contributed by atoms with Crippen molar-refractivity contribution in [3.05, 3.63) is 11.8 Å². The van der Waals surface area contributed by atoms with E-state index in [9.17, 15) is 0 Å². The Morgan fingerprint density at radius 1 is 1.15 bits per heavy atom. The highest BCUT2D eigenvalue weighted by Gasteiger charge is 2.10. The van der Waals surface area contributed by atoms with E-state index in [2.05, 4.69) is 32.4 Å². The first kappa shape index (κ1) is 15.0. The molecular weight excluding hydrogens is 250 g/mol.